The van der Waals surface area contributed by atoms with Crippen LogP contribution in [0.15, 0.2) is 29.1 Å². The van der Waals surface area contributed by atoms with E-state index in [1.807, 2.05) is 24.3 Å². The van der Waals surface area contributed by atoms with E-state index >= 15 is 0 Å². The van der Waals surface area contributed by atoms with E-state index < -0.39 is 0 Å². The summed E-state index contributed by atoms with van der Waals surface area (Å²) in [6.45, 7) is 0.464. The Morgan fingerprint density at radius 2 is 2.14 bits per heavy atom. The van der Waals surface area contributed by atoms with Crippen molar-refractivity contribution in [3.63, 3.8) is 0 Å². The number of hydrogen-bond donors (Lipinski definition) is 3. The molecule has 1 aliphatic carbocycles. The average Bonchev–Trinajstić information content (AvgIpc) is 3.23. The third-order valence-electron chi connectivity index (χ3n) is 3.77. The summed E-state index contributed by atoms with van der Waals surface area (Å²) in [4.78, 5) is 26.7. The van der Waals surface area contributed by atoms with Gasteiger partial charge in [-0.3, -0.25) is 9.36 Å². The van der Waals surface area contributed by atoms with Gasteiger partial charge < -0.3 is 16.0 Å². The van der Waals surface area contributed by atoms with Crippen LogP contribution in [0.4, 0.5) is 0 Å². The molecule has 1 aliphatic rings. The molecule has 1 saturated carbocycles. The number of aromatic amines is 1. The first-order chi connectivity index (χ1) is 9.69. The van der Waals surface area contributed by atoms with Gasteiger partial charge in [-0.2, -0.15) is 0 Å². The van der Waals surface area contributed by atoms with Crippen LogP contribution in [0.5, 0.6) is 0 Å². The fourth-order valence-corrected chi connectivity index (χ4v) is 2.53. The predicted octanol–water partition coefficient (Wildman–Crippen LogP) is 0.605. The van der Waals surface area contributed by atoms with Gasteiger partial charge in [-0.1, -0.05) is 12.1 Å². The number of nitrogens with zero attached hydrogens (tertiary/aromatic N) is 1. The van der Waals surface area contributed by atoms with E-state index in [2.05, 4.69) is 10.3 Å². The number of hydrogen-bond acceptors (Lipinski definition) is 3. The standard InChI is InChI=1S/C14H18N4O2.ClH/c15-7-11(9-5-6-9)16-13(19)8-18-12-4-2-1-3-10(12)17-14(18)20;/h1-4,9,11H,5-8,15H2,(H,16,19)(H,17,20);1H. The van der Waals surface area contributed by atoms with Crippen LogP contribution < -0.4 is 16.7 Å². The lowest BCUT2D eigenvalue weighted by Gasteiger charge is -2.16. The molecule has 3 rings (SSSR count). The fourth-order valence-electron chi connectivity index (χ4n) is 2.53. The minimum absolute atomic E-state index is 0. The third kappa shape index (κ3) is 3.28. The zero-order valence-electron chi connectivity index (χ0n) is 11.5. The Morgan fingerprint density at radius 3 is 2.81 bits per heavy atom. The smallest absolute Gasteiger partial charge is 0.326 e. The first-order valence-corrected chi connectivity index (χ1v) is 6.86. The predicted molar refractivity (Wildman–Crippen MR) is 83.5 cm³/mol. The molecule has 1 heterocycles. The normalized spacial score (nSPS) is 15.5. The maximum atomic E-state index is 12.1. The molecule has 6 nitrogen and oxygen atoms in total. The topological polar surface area (TPSA) is 92.9 Å². The van der Waals surface area contributed by atoms with Crippen LogP contribution in [0.3, 0.4) is 0 Å². The summed E-state index contributed by atoms with van der Waals surface area (Å²) in [5.74, 6) is 0.336. The van der Waals surface area contributed by atoms with Crippen molar-refractivity contribution < 1.29 is 4.79 Å². The van der Waals surface area contributed by atoms with Crippen molar-refractivity contribution in [1.29, 1.82) is 0 Å². The highest BCUT2D eigenvalue weighted by Crippen LogP contribution is 2.32. The van der Waals surface area contributed by atoms with Crippen molar-refractivity contribution in [2.75, 3.05) is 6.54 Å². The summed E-state index contributed by atoms with van der Waals surface area (Å²) in [5, 5.41) is 2.92. The highest BCUT2D eigenvalue weighted by Gasteiger charge is 2.31. The summed E-state index contributed by atoms with van der Waals surface area (Å²) in [5.41, 5.74) is 6.88. The van der Waals surface area contributed by atoms with Gasteiger partial charge in [0.2, 0.25) is 5.91 Å². The molecular weight excluding hydrogens is 292 g/mol. The number of nitrogens with two attached hydrogens (primary N) is 1. The molecule has 0 bridgehead atoms. The van der Waals surface area contributed by atoms with Gasteiger partial charge in [-0.25, -0.2) is 4.79 Å². The first kappa shape index (κ1) is 15.6. The molecule has 7 heteroatoms. The summed E-state index contributed by atoms with van der Waals surface area (Å²) in [6, 6.07) is 7.36. The molecule has 1 atom stereocenters. The summed E-state index contributed by atoms with van der Waals surface area (Å²) in [7, 11) is 0. The minimum Gasteiger partial charge on any atom is -0.350 e. The monoisotopic (exact) mass is 310 g/mol. The number of benzene rings is 1. The average molecular weight is 311 g/mol. The van der Waals surface area contributed by atoms with Gasteiger partial charge in [0.05, 0.1) is 11.0 Å². The van der Waals surface area contributed by atoms with Crippen molar-refractivity contribution in [3.8, 4) is 0 Å². The molecule has 1 aromatic heterocycles. The molecule has 1 unspecified atom stereocenters. The van der Waals surface area contributed by atoms with Crippen molar-refractivity contribution in [1.82, 2.24) is 14.9 Å². The summed E-state index contributed by atoms with van der Waals surface area (Å²) < 4.78 is 1.45. The Labute approximate surface area is 128 Å². The summed E-state index contributed by atoms with van der Waals surface area (Å²) >= 11 is 0. The Kier molecular flexibility index (Phi) is 4.69. The van der Waals surface area contributed by atoms with Crippen LogP contribution in [-0.4, -0.2) is 28.0 Å². The largest absolute Gasteiger partial charge is 0.350 e. The van der Waals surface area contributed by atoms with E-state index in [1.165, 1.54) is 4.57 Å². The van der Waals surface area contributed by atoms with Crippen molar-refractivity contribution in [2.45, 2.75) is 25.4 Å². The molecule has 1 amide bonds. The Hall–Kier alpha value is -1.79. The van der Waals surface area contributed by atoms with Crippen LogP contribution in [0, 0.1) is 5.92 Å². The molecule has 0 saturated heterocycles. The second-order valence-corrected chi connectivity index (χ2v) is 5.28. The second-order valence-electron chi connectivity index (χ2n) is 5.28. The number of carbonyl (C=O) groups is 1. The molecule has 0 spiro atoms. The van der Waals surface area contributed by atoms with Crippen molar-refractivity contribution in [2.24, 2.45) is 11.7 Å². The molecule has 1 fully saturated rings. The van der Waals surface area contributed by atoms with Crippen LogP contribution in [0.1, 0.15) is 12.8 Å². The lowest BCUT2D eigenvalue weighted by molar-refractivity contribution is -0.122. The van der Waals surface area contributed by atoms with Gasteiger partial charge in [0.15, 0.2) is 0 Å². The van der Waals surface area contributed by atoms with Gasteiger partial charge in [-0.05, 0) is 30.9 Å². The van der Waals surface area contributed by atoms with Gasteiger partial charge in [0.1, 0.15) is 6.54 Å². The molecule has 114 valence electrons. The molecule has 4 N–H and O–H groups in total. The van der Waals surface area contributed by atoms with Gasteiger partial charge in [0, 0.05) is 12.6 Å². The molecule has 2 aromatic rings. The fraction of sp³-hybridized carbons (Fsp3) is 0.429. The van der Waals surface area contributed by atoms with E-state index in [0.717, 1.165) is 23.9 Å². The molecular formula is C14H19ClN4O2. The molecule has 21 heavy (non-hydrogen) atoms. The Morgan fingerprint density at radius 1 is 1.43 bits per heavy atom. The van der Waals surface area contributed by atoms with Crippen LogP contribution in [0.2, 0.25) is 0 Å². The Bertz CT molecular complexity index is 690. The van der Waals surface area contributed by atoms with E-state index in [4.69, 9.17) is 5.73 Å². The van der Waals surface area contributed by atoms with E-state index in [1.54, 1.807) is 0 Å². The van der Waals surface area contributed by atoms with Gasteiger partial charge in [0.25, 0.3) is 0 Å². The SMILES string of the molecule is Cl.NCC(NC(=O)Cn1c(=O)[nH]c2ccccc21)C1CC1. The number of aromatic nitrogens is 2. The number of imidazole rings is 1. The Balaban J connectivity index is 0.00000161. The van der Waals surface area contributed by atoms with Crippen LogP contribution >= 0.6 is 12.4 Å². The number of halogens is 1. The minimum atomic E-state index is -0.267. The van der Waals surface area contributed by atoms with E-state index in [9.17, 15) is 9.59 Å². The van der Waals surface area contributed by atoms with Crippen molar-refractivity contribution >= 4 is 29.3 Å². The number of carbonyl (C=O) groups excluding carboxylic acids is 1. The number of H-pyrrole nitrogens is 1. The zero-order chi connectivity index (χ0) is 14.1. The van der Waals surface area contributed by atoms with E-state index in [0.29, 0.717) is 12.5 Å². The summed E-state index contributed by atoms with van der Waals surface area (Å²) in [6.07, 6.45) is 2.24. The van der Waals surface area contributed by atoms with Gasteiger partial charge in [-0.15, -0.1) is 12.4 Å². The number of fused-ring (bicyclic) bond motifs is 1. The lowest BCUT2D eigenvalue weighted by atomic mass is 10.2. The number of amides is 1. The first-order valence-electron chi connectivity index (χ1n) is 6.86. The highest BCUT2D eigenvalue weighted by atomic mass is 35.5. The highest BCUT2D eigenvalue weighted by molar-refractivity contribution is 5.85. The molecule has 0 aliphatic heterocycles. The van der Waals surface area contributed by atoms with Gasteiger partial charge >= 0.3 is 5.69 Å². The maximum Gasteiger partial charge on any atom is 0.326 e. The molecule has 1 aromatic carbocycles. The number of rotatable bonds is 5. The number of para-hydroxylation sites is 2. The second kappa shape index (κ2) is 6.32. The van der Waals surface area contributed by atoms with Crippen molar-refractivity contribution in [3.05, 3.63) is 34.7 Å². The quantitative estimate of drug-likeness (QED) is 0.755. The van der Waals surface area contributed by atoms with E-state index in [-0.39, 0.29) is 36.6 Å². The molecule has 0 radical (unpaired) electrons. The maximum absolute atomic E-state index is 12.1. The van der Waals surface area contributed by atoms with Crippen LogP contribution in [0.25, 0.3) is 11.0 Å². The third-order valence-corrected chi connectivity index (χ3v) is 3.77. The lowest BCUT2D eigenvalue weighted by Crippen LogP contribution is -2.43. The zero-order valence-corrected chi connectivity index (χ0v) is 12.4. The number of nitrogens with one attached hydrogen (secondary N) is 2. The van der Waals surface area contributed by atoms with Crippen LogP contribution in [-0.2, 0) is 11.3 Å².